The second-order valence-electron chi connectivity index (χ2n) is 11.9. The Kier molecular flexibility index (Phi) is 8.27. The van der Waals surface area contributed by atoms with Gasteiger partial charge >= 0.3 is 0 Å². The molecule has 1 spiro atoms. The monoisotopic (exact) mass is 564 g/mol. The molecule has 0 unspecified atom stereocenters. The molecule has 1 saturated carbocycles. The normalized spacial score (nSPS) is 19.0. The number of nitrogens with one attached hydrogen (secondary N) is 1. The van der Waals surface area contributed by atoms with Crippen LogP contribution in [0.3, 0.4) is 0 Å². The Morgan fingerprint density at radius 3 is 1.90 bits per heavy atom. The summed E-state index contributed by atoms with van der Waals surface area (Å²) >= 11 is 0. The molecule has 2 saturated heterocycles. The fraction of sp³-hybridized carbons (Fsp3) is 0.400. The van der Waals surface area contributed by atoms with Crippen molar-refractivity contribution >= 4 is 23.4 Å². The van der Waals surface area contributed by atoms with Gasteiger partial charge in [-0.3, -0.25) is 14.4 Å². The topological polar surface area (TPSA) is 73.0 Å². The number of hydrogen-bond acceptors (Lipinski definition) is 4. The van der Waals surface area contributed by atoms with E-state index in [4.69, 9.17) is 0 Å². The molecule has 2 aliphatic heterocycles. The van der Waals surface area contributed by atoms with E-state index < -0.39 is 11.5 Å². The molecule has 6 rings (SSSR count). The minimum atomic E-state index is -0.780. The lowest BCUT2D eigenvalue weighted by Gasteiger charge is -2.44. The predicted molar refractivity (Wildman–Crippen MR) is 164 cm³/mol. The number of nitrogens with zero attached hydrogens (tertiary/aromatic N) is 3. The Balaban J connectivity index is 1.21. The van der Waals surface area contributed by atoms with Crippen LogP contribution < -0.4 is 10.2 Å². The molecular formula is C35H40N4O3. The molecule has 0 radical (unpaired) electrons. The number of rotatable bonds is 7. The summed E-state index contributed by atoms with van der Waals surface area (Å²) in [4.78, 5) is 47.1. The molecule has 3 aromatic carbocycles. The molecule has 0 aromatic heterocycles. The second-order valence-corrected chi connectivity index (χ2v) is 11.9. The van der Waals surface area contributed by atoms with Crippen molar-refractivity contribution in [2.24, 2.45) is 0 Å². The van der Waals surface area contributed by atoms with Crippen molar-refractivity contribution in [3.05, 3.63) is 102 Å². The van der Waals surface area contributed by atoms with Crippen LogP contribution in [0.2, 0.25) is 0 Å². The highest BCUT2D eigenvalue weighted by Gasteiger charge is 2.54. The van der Waals surface area contributed by atoms with Crippen LogP contribution in [0.5, 0.6) is 0 Å². The Labute approximate surface area is 248 Å². The SMILES string of the molecule is O=C(CN1CN(c2ccccc2)C2(CCN(C(=O)C(c3ccccc3)c3ccccc3)CC2)C1=O)NC1CCCCC1. The summed E-state index contributed by atoms with van der Waals surface area (Å²) in [6.07, 6.45) is 6.56. The van der Waals surface area contributed by atoms with E-state index in [1.54, 1.807) is 4.90 Å². The summed E-state index contributed by atoms with van der Waals surface area (Å²) in [7, 11) is 0. The average molecular weight is 565 g/mol. The van der Waals surface area contributed by atoms with Crippen LogP contribution in [0, 0.1) is 0 Å². The molecule has 3 fully saturated rings. The molecule has 3 aromatic rings. The Bertz CT molecular complexity index is 1330. The van der Waals surface area contributed by atoms with E-state index in [9.17, 15) is 14.4 Å². The van der Waals surface area contributed by atoms with Crippen LogP contribution in [0.1, 0.15) is 62.0 Å². The lowest BCUT2D eigenvalue weighted by atomic mass is 9.83. The van der Waals surface area contributed by atoms with E-state index in [1.807, 2.05) is 95.9 Å². The van der Waals surface area contributed by atoms with E-state index >= 15 is 0 Å². The van der Waals surface area contributed by atoms with Gasteiger partial charge in [-0.05, 0) is 48.9 Å². The maximum atomic E-state index is 14.1. The van der Waals surface area contributed by atoms with Gasteiger partial charge in [0, 0.05) is 24.8 Å². The summed E-state index contributed by atoms with van der Waals surface area (Å²) in [5.41, 5.74) is 2.12. The van der Waals surface area contributed by atoms with Gasteiger partial charge in [0.2, 0.25) is 11.8 Å². The third kappa shape index (κ3) is 5.65. The van der Waals surface area contributed by atoms with E-state index in [-0.39, 0.29) is 30.3 Å². The van der Waals surface area contributed by atoms with Gasteiger partial charge in [-0.2, -0.15) is 0 Å². The van der Waals surface area contributed by atoms with Crippen molar-refractivity contribution in [2.75, 3.05) is 31.2 Å². The molecule has 7 heteroatoms. The van der Waals surface area contributed by atoms with Gasteiger partial charge in [-0.1, -0.05) is 98.1 Å². The van der Waals surface area contributed by atoms with Crippen LogP contribution in [0.15, 0.2) is 91.0 Å². The molecule has 7 nitrogen and oxygen atoms in total. The smallest absolute Gasteiger partial charge is 0.250 e. The molecular weight excluding hydrogens is 524 g/mol. The summed E-state index contributed by atoms with van der Waals surface area (Å²) < 4.78 is 0. The number of carbonyl (C=O) groups is 3. The average Bonchev–Trinajstić information content (AvgIpc) is 3.29. The molecule has 0 bridgehead atoms. The van der Waals surface area contributed by atoms with E-state index in [0.717, 1.165) is 42.5 Å². The zero-order valence-corrected chi connectivity index (χ0v) is 24.2. The van der Waals surface area contributed by atoms with Crippen molar-refractivity contribution in [1.29, 1.82) is 0 Å². The number of anilines is 1. The molecule has 1 aliphatic carbocycles. The summed E-state index contributed by atoms with van der Waals surface area (Å²) in [6.45, 7) is 1.39. The van der Waals surface area contributed by atoms with Crippen LogP contribution in [0.25, 0.3) is 0 Å². The maximum absolute atomic E-state index is 14.1. The van der Waals surface area contributed by atoms with Crippen LogP contribution in [0.4, 0.5) is 5.69 Å². The summed E-state index contributed by atoms with van der Waals surface area (Å²) in [5, 5.41) is 3.17. The highest BCUT2D eigenvalue weighted by Crippen LogP contribution is 2.40. The van der Waals surface area contributed by atoms with Gasteiger partial charge in [0.05, 0.1) is 12.6 Å². The Morgan fingerprint density at radius 2 is 1.33 bits per heavy atom. The highest BCUT2D eigenvalue weighted by molar-refractivity contribution is 5.96. The lowest BCUT2D eigenvalue weighted by Crippen LogP contribution is -2.58. The molecule has 3 aliphatic rings. The van der Waals surface area contributed by atoms with Crippen molar-refractivity contribution in [3.8, 4) is 0 Å². The number of likely N-dealkylation sites (tertiary alicyclic amines) is 1. The Morgan fingerprint density at radius 1 is 0.786 bits per heavy atom. The first-order valence-electron chi connectivity index (χ1n) is 15.4. The zero-order chi connectivity index (χ0) is 28.9. The number of benzene rings is 3. The fourth-order valence-corrected chi connectivity index (χ4v) is 7.06. The van der Waals surface area contributed by atoms with Gasteiger partial charge in [0.15, 0.2) is 0 Å². The zero-order valence-electron chi connectivity index (χ0n) is 24.2. The third-order valence-electron chi connectivity index (χ3n) is 9.30. The first-order chi connectivity index (χ1) is 20.5. The van der Waals surface area contributed by atoms with Gasteiger partial charge in [0.1, 0.15) is 12.1 Å². The number of carbonyl (C=O) groups excluding carboxylic acids is 3. The van der Waals surface area contributed by atoms with Gasteiger partial charge in [-0.25, -0.2) is 0 Å². The third-order valence-corrected chi connectivity index (χ3v) is 9.30. The van der Waals surface area contributed by atoms with Gasteiger partial charge < -0.3 is 20.0 Å². The van der Waals surface area contributed by atoms with Crippen molar-refractivity contribution in [3.63, 3.8) is 0 Å². The lowest BCUT2D eigenvalue weighted by molar-refractivity contribution is -0.140. The van der Waals surface area contributed by atoms with E-state index in [2.05, 4.69) is 10.2 Å². The van der Waals surface area contributed by atoms with E-state index in [0.29, 0.717) is 32.6 Å². The first kappa shape index (κ1) is 28.0. The summed E-state index contributed by atoms with van der Waals surface area (Å²) in [6, 6.07) is 30.0. The predicted octanol–water partition coefficient (Wildman–Crippen LogP) is 4.93. The number of para-hydroxylation sites is 1. The van der Waals surface area contributed by atoms with Gasteiger partial charge in [-0.15, -0.1) is 0 Å². The van der Waals surface area contributed by atoms with Crippen molar-refractivity contribution in [1.82, 2.24) is 15.1 Å². The summed E-state index contributed by atoms with van der Waals surface area (Å²) in [5.74, 6) is -0.435. The number of piperidine rings is 1. The minimum absolute atomic E-state index is 0.0140. The molecule has 3 amide bonds. The fourth-order valence-electron chi connectivity index (χ4n) is 7.06. The number of hydrogen-bond donors (Lipinski definition) is 1. The van der Waals surface area contributed by atoms with Crippen molar-refractivity contribution < 1.29 is 14.4 Å². The minimum Gasteiger partial charge on any atom is -0.352 e. The molecule has 0 atom stereocenters. The molecule has 2 heterocycles. The Hall–Kier alpha value is -4.13. The van der Waals surface area contributed by atoms with Crippen LogP contribution in [-0.2, 0) is 14.4 Å². The highest BCUT2D eigenvalue weighted by atomic mass is 16.2. The number of amides is 3. The quantitative estimate of drug-likeness (QED) is 0.442. The van der Waals surface area contributed by atoms with Gasteiger partial charge in [0.25, 0.3) is 5.91 Å². The van der Waals surface area contributed by atoms with Crippen molar-refractivity contribution in [2.45, 2.75) is 62.4 Å². The van der Waals surface area contributed by atoms with E-state index in [1.165, 1.54) is 6.42 Å². The maximum Gasteiger partial charge on any atom is 0.250 e. The molecule has 1 N–H and O–H groups in total. The molecule has 42 heavy (non-hydrogen) atoms. The first-order valence-corrected chi connectivity index (χ1v) is 15.4. The largest absolute Gasteiger partial charge is 0.352 e. The molecule has 218 valence electrons. The van der Waals surface area contributed by atoms with Crippen LogP contribution in [-0.4, -0.2) is 65.4 Å². The second kappa shape index (κ2) is 12.4. The van der Waals surface area contributed by atoms with Crippen LogP contribution >= 0.6 is 0 Å². The standard InChI is InChI=1S/C35H40N4O3/c40-31(36-29-17-9-3-10-18-29)25-38-26-39(30-19-11-4-12-20-30)35(34(38)42)21-23-37(24-22-35)33(41)32(27-13-5-1-6-14-27)28-15-7-2-8-16-28/h1-2,4-8,11-16,19-20,29,32H,3,9-10,17-18,21-26H2,(H,36,40).